The first kappa shape index (κ1) is 12.7. The number of hydrogen-bond acceptors (Lipinski definition) is 3. The predicted octanol–water partition coefficient (Wildman–Crippen LogP) is 3.90. The van der Waals surface area contributed by atoms with Crippen molar-refractivity contribution in [2.75, 3.05) is 0 Å². The summed E-state index contributed by atoms with van der Waals surface area (Å²) >= 11 is 1.22. The second kappa shape index (κ2) is 6.26. The van der Waals surface area contributed by atoms with Crippen molar-refractivity contribution < 1.29 is 9.53 Å². The van der Waals surface area contributed by atoms with Crippen molar-refractivity contribution in [3.05, 3.63) is 60.2 Å². The zero-order valence-electron chi connectivity index (χ0n) is 10.1. The molecule has 0 N–H and O–H groups in total. The Morgan fingerprint density at radius 1 is 1.11 bits per heavy atom. The second-order valence-corrected chi connectivity index (χ2v) is 5.09. The number of carbonyl (C=O) groups excluding carboxylic acids is 1. The minimum absolute atomic E-state index is 0.0789. The third kappa shape index (κ3) is 3.93. The smallest absolute Gasteiger partial charge is 0.190 e. The number of rotatable bonds is 4. The topological polar surface area (TPSA) is 26.3 Å². The normalized spacial score (nSPS) is 10.1. The molecular formula is C15H14O2S. The highest BCUT2D eigenvalue weighted by Gasteiger charge is 2.01. The fourth-order valence-corrected chi connectivity index (χ4v) is 2.19. The van der Waals surface area contributed by atoms with Crippen LogP contribution in [0.15, 0.2) is 59.5 Å². The molecular weight excluding hydrogens is 244 g/mol. The Labute approximate surface area is 111 Å². The third-order valence-electron chi connectivity index (χ3n) is 2.32. The van der Waals surface area contributed by atoms with Crippen LogP contribution in [0.25, 0.3) is 0 Å². The number of ether oxygens (including phenoxy) is 1. The van der Waals surface area contributed by atoms with Crippen molar-refractivity contribution in [2.24, 2.45) is 0 Å². The predicted molar refractivity (Wildman–Crippen MR) is 73.8 cm³/mol. The lowest BCUT2D eigenvalue weighted by molar-refractivity contribution is -0.109. The average molecular weight is 258 g/mol. The number of carbonyl (C=O) groups is 1. The second-order valence-electron chi connectivity index (χ2n) is 3.84. The van der Waals surface area contributed by atoms with Crippen LogP contribution in [0.3, 0.4) is 0 Å². The lowest BCUT2D eigenvalue weighted by Gasteiger charge is -2.07. The molecule has 92 valence electrons. The molecule has 0 atom stereocenters. The summed E-state index contributed by atoms with van der Waals surface area (Å²) in [5.74, 6) is 0.783. The van der Waals surface area contributed by atoms with Crippen LogP contribution in [-0.4, -0.2) is 5.12 Å². The van der Waals surface area contributed by atoms with E-state index >= 15 is 0 Å². The molecule has 0 spiro atoms. The van der Waals surface area contributed by atoms with Gasteiger partial charge < -0.3 is 4.74 Å². The number of hydrogen-bond donors (Lipinski definition) is 0. The van der Waals surface area contributed by atoms with Crippen molar-refractivity contribution in [2.45, 2.75) is 18.4 Å². The van der Waals surface area contributed by atoms with E-state index in [2.05, 4.69) is 0 Å². The van der Waals surface area contributed by atoms with Crippen molar-refractivity contribution in [1.82, 2.24) is 0 Å². The van der Waals surface area contributed by atoms with Crippen molar-refractivity contribution in [3.63, 3.8) is 0 Å². The monoisotopic (exact) mass is 258 g/mol. The molecule has 3 heteroatoms. The number of benzene rings is 2. The van der Waals surface area contributed by atoms with E-state index in [0.29, 0.717) is 6.61 Å². The van der Waals surface area contributed by atoms with E-state index in [0.717, 1.165) is 16.2 Å². The fraction of sp³-hybridized carbons (Fsp3) is 0.133. The third-order valence-corrected chi connectivity index (χ3v) is 3.09. The van der Waals surface area contributed by atoms with Gasteiger partial charge in [-0.2, -0.15) is 0 Å². The Bertz CT molecular complexity index is 523. The van der Waals surface area contributed by atoms with Crippen LogP contribution in [-0.2, 0) is 11.4 Å². The minimum atomic E-state index is 0.0789. The van der Waals surface area contributed by atoms with Gasteiger partial charge in [-0.3, -0.25) is 4.79 Å². The van der Waals surface area contributed by atoms with Gasteiger partial charge in [0.15, 0.2) is 5.12 Å². The Kier molecular flexibility index (Phi) is 4.42. The summed E-state index contributed by atoms with van der Waals surface area (Å²) in [7, 11) is 0. The molecule has 0 heterocycles. The molecule has 2 rings (SSSR count). The Morgan fingerprint density at radius 3 is 2.61 bits per heavy atom. The lowest BCUT2D eigenvalue weighted by Crippen LogP contribution is -1.95. The van der Waals surface area contributed by atoms with Crippen LogP contribution < -0.4 is 4.74 Å². The highest BCUT2D eigenvalue weighted by molar-refractivity contribution is 8.13. The van der Waals surface area contributed by atoms with Gasteiger partial charge in [0.05, 0.1) is 0 Å². The quantitative estimate of drug-likeness (QED) is 0.778. The van der Waals surface area contributed by atoms with Gasteiger partial charge in [0, 0.05) is 11.8 Å². The molecule has 0 aliphatic heterocycles. The Balaban J connectivity index is 1.99. The van der Waals surface area contributed by atoms with E-state index in [9.17, 15) is 4.79 Å². The summed E-state index contributed by atoms with van der Waals surface area (Å²) in [4.78, 5) is 11.9. The van der Waals surface area contributed by atoms with Gasteiger partial charge in [0.2, 0.25) is 0 Å². The van der Waals surface area contributed by atoms with Gasteiger partial charge in [0.25, 0.3) is 0 Å². The SMILES string of the molecule is CC(=O)Sc1cccc(OCc2ccccc2)c1. The van der Waals surface area contributed by atoms with Crippen LogP contribution >= 0.6 is 11.8 Å². The van der Waals surface area contributed by atoms with Crippen molar-refractivity contribution >= 4 is 16.9 Å². The fourth-order valence-electron chi connectivity index (χ4n) is 1.53. The lowest BCUT2D eigenvalue weighted by atomic mass is 10.2. The maximum atomic E-state index is 11.0. The minimum Gasteiger partial charge on any atom is -0.489 e. The first-order valence-corrected chi connectivity index (χ1v) is 6.51. The highest BCUT2D eigenvalue weighted by Crippen LogP contribution is 2.23. The number of thioether (sulfide) groups is 1. The van der Waals surface area contributed by atoms with E-state index in [4.69, 9.17) is 4.74 Å². The van der Waals surface area contributed by atoms with Crippen LogP contribution in [0.2, 0.25) is 0 Å². The summed E-state index contributed by atoms with van der Waals surface area (Å²) in [6.45, 7) is 2.09. The van der Waals surface area contributed by atoms with Crippen LogP contribution in [0, 0.1) is 0 Å². The Hall–Kier alpha value is -1.74. The van der Waals surface area contributed by atoms with E-state index in [-0.39, 0.29) is 5.12 Å². The summed E-state index contributed by atoms with van der Waals surface area (Å²) < 4.78 is 5.69. The summed E-state index contributed by atoms with van der Waals surface area (Å²) in [5.41, 5.74) is 1.13. The molecule has 0 aromatic heterocycles. The first-order valence-electron chi connectivity index (χ1n) is 5.69. The molecule has 18 heavy (non-hydrogen) atoms. The summed E-state index contributed by atoms with van der Waals surface area (Å²) in [6, 6.07) is 17.6. The molecule has 0 fully saturated rings. The van der Waals surface area contributed by atoms with Crippen molar-refractivity contribution in [3.8, 4) is 5.75 Å². The molecule has 0 saturated carbocycles. The molecule has 2 aromatic carbocycles. The zero-order valence-corrected chi connectivity index (χ0v) is 10.9. The van der Waals surface area contributed by atoms with Crippen LogP contribution in [0.1, 0.15) is 12.5 Å². The van der Waals surface area contributed by atoms with Gasteiger partial charge >= 0.3 is 0 Å². The van der Waals surface area contributed by atoms with Gasteiger partial charge in [-0.05, 0) is 23.8 Å². The van der Waals surface area contributed by atoms with E-state index in [1.807, 2.05) is 54.6 Å². The molecule has 0 amide bonds. The largest absolute Gasteiger partial charge is 0.489 e. The van der Waals surface area contributed by atoms with Crippen molar-refractivity contribution in [1.29, 1.82) is 0 Å². The molecule has 0 aliphatic rings. The van der Waals surface area contributed by atoms with Gasteiger partial charge in [-0.1, -0.05) is 48.2 Å². The van der Waals surface area contributed by atoms with Gasteiger partial charge in [0.1, 0.15) is 12.4 Å². The standard InChI is InChI=1S/C15H14O2S/c1-12(16)18-15-9-5-8-14(10-15)17-11-13-6-3-2-4-7-13/h2-10H,11H2,1H3. The average Bonchev–Trinajstić information content (AvgIpc) is 2.37. The van der Waals surface area contributed by atoms with Gasteiger partial charge in [-0.15, -0.1) is 0 Å². The van der Waals surface area contributed by atoms with Crippen LogP contribution in [0.5, 0.6) is 5.75 Å². The van der Waals surface area contributed by atoms with E-state index < -0.39 is 0 Å². The highest BCUT2D eigenvalue weighted by atomic mass is 32.2. The molecule has 2 aromatic rings. The zero-order chi connectivity index (χ0) is 12.8. The van der Waals surface area contributed by atoms with E-state index in [1.165, 1.54) is 11.8 Å². The molecule has 0 radical (unpaired) electrons. The van der Waals surface area contributed by atoms with E-state index in [1.54, 1.807) is 6.92 Å². The maximum absolute atomic E-state index is 11.0. The molecule has 0 saturated heterocycles. The molecule has 0 aliphatic carbocycles. The first-order chi connectivity index (χ1) is 8.74. The molecule has 0 bridgehead atoms. The van der Waals surface area contributed by atoms with Gasteiger partial charge in [-0.25, -0.2) is 0 Å². The maximum Gasteiger partial charge on any atom is 0.190 e. The summed E-state index contributed by atoms with van der Waals surface area (Å²) in [6.07, 6.45) is 0. The molecule has 2 nitrogen and oxygen atoms in total. The Morgan fingerprint density at radius 2 is 1.89 bits per heavy atom. The van der Waals surface area contributed by atoms with Crippen LogP contribution in [0.4, 0.5) is 0 Å². The molecule has 0 unspecified atom stereocenters. The summed E-state index contributed by atoms with van der Waals surface area (Å²) in [5, 5.41) is 0.0789.